The van der Waals surface area contributed by atoms with Crippen molar-refractivity contribution >= 4 is 23.4 Å². The molecule has 2 aromatic rings. The van der Waals surface area contributed by atoms with Gasteiger partial charge in [-0.3, -0.25) is 9.80 Å². The lowest BCUT2D eigenvalue weighted by atomic mass is 10.0. The summed E-state index contributed by atoms with van der Waals surface area (Å²) < 4.78 is 0. The topological polar surface area (TPSA) is 92.7 Å². The number of primary amides is 2. The summed E-state index contributed by atoms with van der Waals surface area (Å²) in [6.45, 7) is 5.72. The van der Waals surface area contributed by atoms with Crippen molar-refractivity contribution < 1.29 is 9.59 Å². The molecule has 0 aromatic heterocycles. The Hall–Kier alpha value is -3.02. The Labute approximate surface area is 224 Å². The minimum atomic E-state index is -0.406. The lowest BCUT2D eigenvalue weighted by Gasteiger charge is -2.21. The fraction of sp³-hybridized carbons (Fsp3) is 0.548. The number of carbonyl (C=O) groups is 2. The molecule has 204 valence electrons. The van der Waals surface area contributed by atoms with Crippen LogP contribution >= 0.6 is 0 Å². The number of amides is 4. The lowest BCUT2D eigenvalue weighted by molar-refractivity contribution is 0.253. The summed E-state index contributed by atoms with van der Waals surface area (Å²) in [7, 11) is 0. The van der Waals surface area contributed by atoms with Crippen LogP contribution in [0, 0.1) is 0 Å². The highest BCUT2D eigenvalue weighted by Crippen LogP contribution is 2.21. The van der Waals surface area contributed by atoms with E-state index in [1.54, 1.807) is 9.80 Å². The van der Waals surface area contributed by atoms with Gasteiger partial charge in [-0.1, -0.05) is 102 Å². The van der Waals surface area contributed by atoms with Crippen LogP contribution in [0.25, 0.3) is 0 Å². The maximum Gasteiger partial charge on any atom is 0.319 e. The van der Waals surface area contributed by atoms with Crippen LogP contribution in [-0.4, -0.2) is 25.2 Å². The molecule has 0 unspecified atom stereocenters. The average molecular weight is 509 g/mol. The molecular weight excluding hydrogens is 460 g/mol. The Morgan fingerprint density at radius 2 is 0.865 bits per heavy atom. The van der Waals surface area contributed by atoms with E-state index in [0.717, 1.165) is 54.6 Å². The largest absolute Gasteiger partial charge is 0.351 e. The summed E-state index contributed by atoms with van der Waals surface area (Å²) >= 11 is 0. The van der Waals surface area contributed by atoms with E-state index < -0.39 is 12.1 Å². The van der Waals surface area contributed by atoms with Crippen molar-refractivity contribution in [3.8, 4) is 0 Å². The molecule has 4 N–H and O–H groups in total. The third kappa shape index (κ3) is 11.3. The highest BCUT2D eigenvalue weighted by Gasteiger charge is 2.13. The first-order valence-corrected chi connectivity index (χ1v) is 14.3. The first kappa shape index (κ1) is 30.2. The first-order valence-electron chi connectivity index (χ1n) is 14.3. The predicted octanol–water partition coefficient (Wildman–Crippen LogP) is 7.77. The fourth-order valence-corrected chi connectivity index (χ4v) is 4.66. The van der Waals surface area contributed by atoms with Crippen LogP contribution in [0.15, 0.2) is 48.5 Å². The van der Waals surface area contributed by atoms with E-state index in [1.807, 2.05) is 24.3 Å². The van der Waals surface area contributed by atoms with Gasteiger partial charge in [0.25, 0.3) is 0 Å². The Balaban J connectivity index is 1.89. The molecule has 2 aromatic carbocycles. The molecule has 4 amide bonds. The summed E-state index contributed by atoms with van der Waals surface area (Å²) in [4.78, 5) is 27.4. The van der Waals surface area contributed by atoms with Crippen LogP contribution in [0.5, 0.6) is 0 Å². The molecule has 6 nitrogen and oxygen atoms in total. The van der Waals surface area contributed by atoms with Gasteiger partial charge in [-0.2, -0.15) is 0 Å². The molecule has 0 aliphatic heterocycles. The summed E-state index contributed by atoms with van der Waals surface area (Å²) in [6, 6.07) is 15.3. The van der Waals surface area contributed by atoms with Gasteiger partial charge in [-0.15, -0.1) is 0 Å². The summed E-state index contributed by atoms with van der Waals surface area (Å²) in [5.41, 5.74) is 15.3. The molecular formula is C31H48N4O2. The number of urea groups is 2. The van der Waals surface area contributed by atoms with Gasteiger partial charge in [0.15, 0.2) is 0 Å². The molecule has 0 aliphatic carbocycles. The minimum absolute atomic E-state index is 0.406. The SMILES string of the molecule is CCCCCCCCN(C(N)=O)c1ccc(Cc2ccc(N(CCCCCCCC)C(N)=O)cc2)cc1. The fourth-order valence-electron chi connectivity index (χ4n) is 4.66. The van der Waals surface area contributed by atoms with E-state index in [1.165, 1.54) is 51.4 Å². The third-order valence-electron chi connectivity index (χ3n) is 6.91. The van der Waals surface area contributed by atoms with Crippen LogP contribution < -0.4 is 21.3 Å². The molecule has 0 radical (unpaired) electrons. The van der Waals surface area contributed by atoms with Gasteiger partial charge in [0.1, 0.15) is 0 Å². The Morgan fingerprint density at radius 1 is 0.541 bits per heavy atom. The van der Waals surface area contributed by atoms with Gasteiger partial charge in [-0.05, 0) is 54.7 Å². The Bertz CT molecular complexity index is 836. The average Bonchev–Trinajstić information content (AvgIpc) is 2.89. The van der Waals surface area contributed by atoms with Crippen molar-refractivity contribution in [1.82, 2.24) is 0 Å². The predicted molar refractivity (Wildman–Crippen MR) is 156 cm³/mol. The molecule has 0 heterocycles. The molecule has 2 rings (SSSR count). The van der Waals surface area contributed by atoms with Gasteiger partial charge < -0.3 is 11.5 Å². The number of carbonyl (C=O) groups excluding carboxylic acids is 2. The van der Waals surface area contributed by atoms with Crippen LogP contribution in [0.3, 0.4) is 0 Å². The second-order valence-corrected chi connectivity index (χ2v) is 10.0. The van der Waals surface area contributed by atoms with Crippen LogP contribution in [0.2, 0.25) is 0 Å². The van der Waals surface area contributed by atoms with Crippen molar-refractivity contribution in [2.75, 3.05) is 22.9 Å². The normalized spacial score (nSPS) is 10.9. The Morgan fingerprint density at radius 3 is 1.19 bits per heavy atom. The van der Waals surface area contributed by atoms with Gasteiger partial charge in [0.05, 0.1) is 0 Å². The lowest BCUT2D eigenvalue weighted by Crippen LogP contribution is -2.36. The van der Waals surface area contributed by atoms with Crippen LogP contribution in [0.4, 0.5) is 21.0 Å². The van der Waals surface area contributed by atoms with E-state index in [9.17, 15) is 9.59 Å². The third-order valence-corrected chi connectivity index (χ3v) is 6.91. The number of nitrogens with two attached hydrogens (primary N) is 2. The zero-order valence-electron chi connectivity index (χ0n) is 23.1. The molecule has 6 heteroatoms. The number of unbranched alkanes of at least 4 members (excludes halogenated alkanes) is 10. The summed E-state index contributed by atoms with van der Waals surface area (Å²) in [6.07, 6.45) is 14.8. The number of benzene rings is 2. The molecule has 0 atom stereocenters. The molecule has 0 saturated carbocycles. The smallest absolute Gasteiger partial charge is 0.319 e. The second kappa shape index (κ2) is 17.4. The Kier molecular flexibility index (Phi) is 14.2. The van der Waals surface area contributed by atoms with Crippen molar-refractivity contribution in [2.24, 2.45) is 11.5 Å². The minimum Gasteiger partial charge on any atom is -0.351 e. The van der Waals surface area contributed by atoms with Gasteiger partial charge in [0, 0.05) is 24.5 Å². The molecule has 0 fully saturated rings. The van der Waals surface area contributed by atoms with E-state index in [-0.39, 0.29) is 0 Å². The van der Waals surface area contributed by atoms with Gasteiger partial charge in [0.2, 0.25) is 0 Å². The molecule has 37 heavy (non-hydrogen) atoms. The van der Waals surface area contributed by atoms with Crippen molar-refractivity contribution in [2.45, 2.75) is 97.3 Å². The second-order valence-electron chi connectivity index (χ2n) is 10.0. The molecule has 0 aliphatic rings. The van der Waals surface area contributed by atoms with Crippen LogP contribution in [0.1, 0.15) is 102 Å². The number of hydrogen-bond acceptors (Lipinski definition) is 2. The molecule has 0 bridgehead atoms. The van der Waals surface area contributed by atoms with Gasteiger partial charge in [-0.25, -0.2) is 9.59 Å². The maximum atomic E-state index is 12.0. The van der Waals surface area contributed by atoms with E-state index >= 15 is 0 Å². The first-order chi connectivity index (χ1) is 18.0. The summed E-state index contributed by atoms with van der Waals surface area (Å²) in [5, 5.41) is 0. The van der Waals surface area contributed by atoms with E-state index in [0.29, 0.717) is 13.1 Å². The van der Waals surface area contributed by atoms with Crippen LogP contribution in [-0.2, 0) is 6.42 Å². The highest BCUT2D eigenvalue weighted by atomic mass is 16.2. The van der Waals surface area contributed by atoms with E-state index in [2.05, 4.69) is 38.1 Å². The van der Waals surface area contributed by atoms with Crippen molar-refractivity contribution in [3.05, 3.63) is 59.7 Å². The molecule has 0 saturated heterocycles. The summed E-state index contributed by atoms with van der Waals surface area (Å²) in [5.74, 6) is 0. The number of nitrogens with zero attached hydrogens (tertiary/aromatic N) is 2. The molecule has 0 spiro atoms. The standard InChI is InChI=1S/C31H48N4O2/c1-3-5-7-9-11-13-23-34(30(32)36)28-19-15-26(16-20-28)25-27-17-21-29(22-18-27)35(31(33)37)24-14-12-10-8-6-4-2/h15-22H,3-14,23-25H2,1-2H3,(H2,32,36)(H2,33,37). The number of anilines is 2. The monoisotopic (exact) mass is 508 g/mol. The zero-order chi connectivity index (χ0) is 26.9. The van der Waals surface area contributed by atoms with Crippen molar-refractivity contribution in [3.63, 3.8) is 0 Å². The van der Waals surface area contributed by atoms with Gasteiger partial charge >= 0.3 is 12.1 Å². The zero-order valence-corrected chi connectivity index (χ0v) is 23.1. The number of rotatable bonds is 18. The number of hydrogen-bond donors (Lipinski definition) is 2. The van der Waals surface area contributed by atoms with E-state index in [4.69, 9.17) is 11.5 Å². The highest BCUT2D eigenvalue weighted by molar-refractivity contribution is 5.91. The maximum absolute atomic E-state index is 12.0. The van der Waals surface area contributed by atoms with Crippen molar-refractivity contribution in [1.29, 1.82) is 0 Å². The quantitative estimate of drug-likeness (QED) is 0.201.